The predicted octanol–water partition coefficient (Wildman–Crippen LogP) is 11.5. The van der Waals surface area contributed by atoms with E-state index in [1.54, 1.807) is 180 Å². The third kappa shape index (κ3) is 16.3. The molecule has 10 N–H and O–H groups in total. The average molecular weight is 1820 g/mol. The van der Waals surface area contributed by atoms with E-state index in [2.05, 4.69) is 52.7 Å². The maximum Gasteiger partial charge on any atom is 0.322 e. The molecule has 33 nitrogen and oxygen atoms in total. The number of halogens is 1. The lowest BCUT2D eigenvalue weighted by Gasteiger charge is -2.31. The van der Waals surface area contributed by atoms with Crippen molar-refractivity contribution in [1.82, 2.24) is 77.3 Å². The number of thiazole rings is 1. The fraction of sp³-hybridized carbons (Fsp3) is 0.182. The zero-order valence-corrected chi connectivity index (χ0v) is 73.4. The highest BCUT2D eigenvalue weighted by atomic mass is 32.1. The number of carbonyl (C=O) groups excluding carboxylic acids is 12. The van der Waals surface area contributed by atoms with Crippen molar-refractivity contribution in [3.05, 3.63) is 321 Å². The summed E-state index contributed by atoms with van der Waals surface area (Å²) in [7, 11) is 6.15. The monoisotopic (exact) mass is 1820 g/mol. The summed E-state index contributed by atoms with van der Waals surface area (Å²) in [5.74, 6) is -0.0949. The molecule has 3 aromatic heterocycles. The number of nitrogens with zero attached hydrogens (tertiary/aromatic N) is 7. The third-order valence-electron chi connectivity index (χ3n) is 24.9. The smallest absolute Gasteiger partial charge is 0.322 e. The van der Waals surface area contributed by atoms with Gasteiger partial charge >= 0.3 is 24.1 Å². The normalized spacial score (nSPS) is 19.3. The number of para-hydroxylation sites is 1. The van der Waals surface area contributed by atoms with Crippen molar-refractivity contribution in [3.63, 3.8) is 0 Å². The largest absolute Gasteiger partial charge is 0.497 e. The third-order valence-corrected chi connectivity index (χ3v) is 26.0. The van der Waals surface area contributed by atoms with Crippen LogP contribution in [0.4, 0.5) is 29.4 Å². The molecule has 4 atom stereocenters. The van der Waals surface area contributed by atoms with Gasteiger partial charge in [0.25, 0.3) is 47.3 Å². The minimum Gasteiger partial charge on any atom is -0.497 e. The molecule has 8 aliphatic rings. The van der Waals surface area contributed by atoms with Crippen molar-refractivity contribution >= 4 is 98.8 Å². The van der Waals surface area contributed by atoms with Crippen molar-refractivity contribution in [2.24, 2.45) is 0 Å². The highest BCUT2D eigenvalue weighted by Crippen LogP contribution is 2.42. The van der Waals surface area contributed by atoms with Crippen molar-refractivity contribution in [2.75, 3.05) is 60.4 Å². The van der Waals surface area contributed by atoms with Crippen LogP contribution in [0.15, 0.2) is 241 Å². The van der Waals surface area contributed by atoms with E-state index in [-0.39, 0.29) is 61.4 Å². The SMILES string of the molecule is COc1ccc2c(c1)C(=O)N(C[C@@]1(c3ccc(-c4c(N)noc4C)cc3)NC(=O)NC1=O)C2.COc1ccc2c(c1)C(=O)N(C[C@@]1(c3ccc(-c4ccc(C)cn4)cc3)NC(=O)NC1=O)C2.COc1ccc2c(c1)C(=O)N(C[C@@]1(c3ccc(-c4ccc(F)cc4)cc3)NC(=O)NC1=O)C2.COc1ccc2c(c1)C(=O)N(C[C@@]1(c3ccc(-c4nc5ccccc5s4)cc3)NC(=O)NC1=O)C2. The summed E-state index contributed by atoms with van der Waals surface area (Å²) < 4.78 is 40.4. The quantitative estimate of drug-likeness (QED) is 0.0320. The number of imide groups is 4. The molecular weight excluding hydrogens is 1740 g/mol. The minimum atomic E-state index is -1.44. The van der Waals surface area contributed by atoms with Crippen LogP contribution in [0.1, 0.15) is 97.3 Å². The average Bonchev–Trinajstić information content (AvgIpc) is 1.61. The molecule has 0 saturated carbocycles. The van der Waals surface area contributed by atoms with Gasteiger partial charge in [-0.2, -0.15) is 0 Å². The van der Waals surface area contributed by atoms with Gasteiger partial charge in [-0.1, -0.05) is 157 Å². The Bertz CT molecular complexity index is 6770. The van der Waals surface area contributed by atoms with Gasteiger partial charge < -0.3 is 70.1 Å². The second-order valence-corrected chi connectivity index (χ2v) is 34.0. The van der Waals surface area contributed by atoms with E-state index in [1.165, 1.54) is 26.4 Å². The fourth-order valence-corrected chi connectivity index (χ4v) is 18.8. The van der Waals surface area contributed by atoms with Crippen LogP contribution in [-0.4, -0.2) is 161 Å². The molecular formula is C99H83FN16O17S. The highest BCUT2D eigenvalue weighted by Gasteiger charge is 2.55. The number of nitrogen functional groups attached to an aromatic ring is 1. The maximum atomic E-state index is 13.2. The van der Waals surface area contributed by atoms with E-state index in [1.807, 2.05) is 104 Å². The van der Waals surface area contributed by atoms with Crippen LogP contribution in [-0.2, 0) is 67.5 Å². The number of aryl methyl sites for hydroxylation is 2. The number of anilines is 1. The summed E-state index contributed by atoms with van der Waals surface area (Å²) in [5, 5.41) is 24.9. The topological polar surface area (TPSA) is 429 Å². The lowest BCUT2D eigenvalue weighted by molar-refractivity contribution is -0.125. The van der Waals surface area contributed by atoms with Crippen molar-refractivity contribution in [2.45, 2.75) is 62.2 Å². The maximum absolute atomic E-state index is 13.2. The molecule has 8 aliphatic heterocycles. The molecule has 0 unspecified atom stereocenters. The van der Waals surface area contributed by atoms with Crippen LogP contribution >= 0.6 is 11.3 Å². The number of benzene rings is 10. The Morgan fingerprint density at radius 1 is 0.396 bits per heavy atom. The van der Waals surface area contributed by atoms with Crippen LogP contribution in [0.5, 0.6) is 23.0 Å². The number of urea groups is 4. The molecule has 4 saturated heterocycles. The summed E-state index contributed by atoms with van der Waals surface area (Å²) in [5.41, 5.74) is 15.6. The van der Waals surface area contributed by atoms with Crippen molar-refractivity contribution in [3.8, 4) is 67.1 Å². The standard InChI is InChI=1S/C26H20N4O4S.C25H20FN3O4.C25H22N4O4.C23H21N5O5/c1-34-18-11-8-16-13-30(23(31)19(16)12-18)14-26(24(32)28-25(33)29-26)17-9-6-15(7-10-17)22-27-20-4-2-3-5-21(20)35-22;1-33-20-11-6-17-13-29(22(30)21(17)12-20)14-25(23(31)27-24(32)28-25)18-7-2-15(3-8-18)16-4-9-19(26)10-5-16;1-15-3-10-21(26-12-15)16-4-7-18(8-5-16)25(23(31)27-24(32)28-25)14-29-13-17-6-9-19(33-2)11-20(17)22(29)30;1-12-18(19(24)27-33-12)13-3-6-15(7-4-13)23(21(30)25-22(31)26-23)11-28-10-14-5-8-16(32-2)9-17(14)20(28)29/h2-12H,13-14H2,1H3,(H2,28,29,32,33);2-12H,13-14H2,1H3,(H2,27,28,31,32);3-12H,13-14H2,1-2H3,(H2,27,28,31,32);3-9H,10-11H2,1-2H3,(H2,24,27)(H2,25,26,30,31)/t26-;2*25-;23-/m0000/s1. The second kappa shape index (κ2) is 35.1. The molecule has 10 aromatic carbocycles. The Hall–Kier alpha value is -17.0. The predicted molar refractivity (Wildman–Crippen MR) is 487 cm³/mol. The number of nitrogens with two attached hydrogens (primary N) is 1. The molecule has 0 aliphatic carbocycles. The first-order valence-electron chi connectivity index (χ1n) is 42.2. The van der Waals surface area contributed by atoms with Gasteiger partial charge in [-0.25, -0.2) is 28.6 Å². The van der Waals surface area contributed by atoms with E-state index in [9.17, 15) is 61.9 Å². The number of fused-ring (bicyclic) bond motifs is 5. The van der Waals surface area contributed by atoms with Crippen LogP contribution in [0.25, 0.3) is 54.3 Å². The van der Waals surface area contributed by atoms with Gasteiger partial charge in [0.1, 0.15) is 39.6 Å². The van der Waals surface area contributed by atoms with Gasteiger partial charge in [0.2, 0.25) is 0 Å². The number of aromatic nitrogens is 3. The number of nitrogens with one attached hydrogen (secondary N) is 8. The van der Waals surface area contributed by atoms with Gasteiger partial charge in [-0.05, 0) is 159 Å². The van der Waals surface area contributed by atoms with Gasteiger partial charge in [-0.3, -0.25) is 64.6 Å². The Labute approximate surface area is 767 Å². The molecule has 0 radical (unpaired) electrons. The van der Waals surface area contributed by atoms with Gasteiger partial charge in [-0.15, -0.1) is 11.3 Å². The first-order chi connectivity index (χ1) is 64.6. The number of ether oxygens (including phenoxy) is 4. The lowest BCUT2D eigenvalue weighted by Crippen LogP contribution is -2.52. The number of hydrogen-bond donors (Lipinski definition) is 9. The zero-order chi connectivity index (χ0) is 93.8. The summed E-state index contributed by atoms with van der Waals surface area (Å²) in [4.78, 5) is 168. The number of carbonyl (C=O) groups is 12. The summed E-state index contributed by atoms with van der Waals surface area (Å²) >= 11 is 1.59. The molecule has 0 spiro atoms. The number of rotatable bonds is 20. The number of pyridine rings is 1. The van der Waals surface area contributed by atoms with E-state index in [0.717, 1.165) is 76.6 Å². The summed E-state index contributed by atoms with van der Waals surface area (Å²) in [6.45, 7) is 4.98. The molecule has 11 heterocycles. The van der Waals surface area contributed by atoms with Gasteiger partial charge in [0, 0.05) is 65.8 Å². The molecule has 35 heteroatoms. The Kier molecular flexibility index (Phi) is 23.0. The second-order valence-electron chi connectivity index (χ2n) is 33.0. The number of hydrogen-bond acceptors (Lipinski definition) is 22. The summed E-state index contributed by atoms with van der Waals surface area (Å²) in [6, 6.07) is 65.5. The molecule has 4 fully saturated rings. The Balaban J connectivity index is 0.000000119. The van der Waals surface area contributed by atoms with Crippen molar-refractivity contribution < 1.29 is 85.4 Å². The zero-order valence-electron chi connectivity index (χ0n) is 72.6. The van der Waals surface area contributed by atoms with Crippen LogP contribution in [0.3, 0.4) is 0 Å². The van der Waals surface area contributed by atoms with Gasteiger partial charge in [0.05, 0.1) is 76.1 Å². The fourth-order valence-electron chi connectivity index (χ4n) is 17.8. The molecule has 134 heavy (non-hydrogen) atoms. The molecule has 21 rings (SSSR count). The van der Waals surface area contributed by atoms with E-state index < -0.39 is 69.9 Å². The Morgan fingerprint density at radius 3 is 1.03 bits per heavy atom. The minimum absolute atomic E-state index is 0.000879. The van der Waals surface area contributed by atoms with E-state index in [4.69, 9.17) is 34.2 Å². The van der Waals surface area contributed by atoms with Crippen molar-refractivity contribution in [1.29, 1.82) is 0 Å². The number of methoxy groups -OCH3 is 4. The number of amides is 16. The molecule has 674 valence electrons. The lowest BCUT2D eigenvalue weighted by atomic mass is 9.88. The van der Waals surface area contributed by atoms with Gasteiger partial charge in [0.15, 0.2) is 28.0 Å². The summed E-state index contributed by atoms with van der Waals surface area (Å²) in [6.07, 6.45) is 1.79. The molecule has 16 amide bonds. The van der Waals surface area contributed by atoms with E-state index >= 15 is 0 Å². The van der Waals surface area contributed by atoms with Crippen LogP contribution < -0.4 is 67.2 Å². The molecule has 13 aromatic rings. The first kappa shape index (κ1) is 87.7. The van der Waals surface area contributed by atoms with Crippen LogP contribution in [0.2, 0.25) is 0 Å². The highest BCUT2D eigenvalue weighted by molar-refractivity contribution is 7.21. The first-order valence-corrected chi connectivity index (χ1v) is 43.0. The van der Waals surface area contributed by atoms with Crippen LogP contribution in [0, 0.1) is 19.7 Å². The Morgan fingerprint density at radius 2 is 0.724 bits per heavy atom. The van der Waals surface area contributed by atoms with E-state index in [0.29, 0.717) is 105 Å². The molecule has 0 bridgehead atoms.